The van der Waals surface area contributed by atoms with Crippen molar-refractivity contribution in [2.75, 3.05) is 28.4 Å². The van der Waals surface area contributed by atoms with E-state index in [0.717, 1.165) is 0 Å². The van der Waals surface area contributed by atoms with Gasteiger partial charge in [0.05, 0.1) is 34.0 Å². The van der Waals surface area contributed by atoms with E-state index in [1.807, 2.05) is 0 Å². The molecule has 0 aliphatic heterocycles. The zero-order valence-electron chi connectivity index (χ0n) is 15.5. The third-order valence-electron chi connectivity index (χ3n) is 4.23. The third-order valence-corrected chi connectivity index (χ3v) is 4.23. The average molecular weight is 372 g/mol. The van der Waals surface area contributed by atoms with Crippen molar-refractivity contribution in [3.63, 3.8) is 0 Å². The SMILES string of the molecule is COc1ccc2c(C(=O)c3cc(OC)c(OC)c(OC)c3)nn(CO)c2c1. The van der Waals surface area contributed by atoms with Crippen LogP contribution in [0.3, 0.4) is 0 Å². The molecule has 3 rings (SSSR count). The van der Waals surface area contributed by atoms with E-state index in [1.54, 1.807) is 37.4 Å². The van der Waals surface area contributed by atoms with Crippen LogP contribution < -0.4 is 18.9 Å². The van der Waals surface area contributed by atoms with Crippen molar-refractivity contribution >= 4 is 16.7 Å². The van der Waals surface area contributed by atoms with Crippen LogP contribution in [-0.4, -0.2) is 49.1 Å². The topological polar surface area (TPSA) is 92.0 Å². The maximum atomic E-state index is 13.1. The zero-order chi connectivity index (χ0) is 19.6. The number of aliphatic hydroxyl groups is 1. The maximum absolute atomic E-state index is 13.1. The second-order valence-electron chi connectivity index (χ2n) is 5.62. The molecule has 8 heteroatoms. The van der Waals surface area contributed by atoms with Crippen molar-refractivity contribution in [3.8, 4) is 23.0 Å². The minimum Gasteiger partial charge on any atom is -0.497 e. The first-order valence-corrected chi connectivity index (χ1v) is 8.08. The number of hydrogen-bond acceptors (Lipinski definition) is 7. The summed E-state index contributed by atoms with van der Waals surface area (Å²) < 4.78 is 22.5. The predicted octanol–water partition coefficient (Wildman–Crippen LogP) is 2.25. The summed E-state index contributed by atoms with van der Waals surface area (Å²) in [6.07, 6.45) is 0. The van der Waals surface area contributed by atoms with Gasteiger partial charge in [-0.3, -0.25) is 4.79 Å². The monoisotopic (exact) mass is 372 g/mol. The van der Waals surface area contributed by atoms with Crippen LogP contribution in [0.25, 0.3) is 10.9 Å². The lowest BCUT2D eigenvalue weighted by atomic mass is 10.0. The Morgan fingerprint density at radius 3 is 2.19 bits per heavy atom. The molecule has 0 aliphatic carbocycles. The Bertz CT molecular complexity index is 970. The number of methoxy groups -OCH3 is 4. The van der Waals surface area contributed by atoms with E-state index in [1.165, 1.54) is 26.0 Å². The van der Waals surface area contributed by atoms with Crippen LogP contribution in [0.1, 0.15) is 16.1 Å². The number of hydrogen-bond donors (Lipinski definition) is 1. The molecular weight excluding hydrogens is 352 g/mol. The van der Waals surface area contributed by atoms with Crippen molar-refractivity contribution in [2.45, 2.75) is 6.73 Å². The number of carbonyl (C=O) groups is 1. The van der Waals surface area contributed by atoms with Gasteiger partial charge in [-0.25, -0.2) is 4.68 Å². The molecule has 2 aromatic carbocycles. The first kappa shape index (κ1) is 18.5. The summed E-state index contributed by atoms with van der Waals surface area (Å²) in [5.41, 5.74) is 1.12. The first-order chi connectivity index (χ1) is 13.1. The first-order valence-electron chi connectivity index (χ1n) is 8.08. The molecule has 0 saturated carbocycles. The fraction of sp³-hybridized carbons (Fsp3) is 0.263. The Morgan fingerprint density at radius 2 is 1.67 bits per heavy atom. The number of aliphatic hydroxyl groups excluding tert-OH is 1. The van der Waals surface area contributed by atoms with E-state index in [-0.39, 0.29) is 18.2 Å². The molecule has 1 heterocycles. The van der Waals surface area contributed by atoms with Gasteiger partial charge in [0, 0.05) is 17.0 Å². The highest BCUT2D eigenvalue weighted by Crippen LogP contribution is 2.39. The summed E-state index contributed by atoms with van der Waals surface area (Å²) in [5.74, 6) is 1.40. The summed E-state index contributed by atoms with van der Waals surface area (Å²) in [4.78, 5) is 13.1. The molecule has 3 aromatic rings. The van der Waals surface area contributed by atoms with Gasteiger partial charge in [-0.05, 0) is 24.3 Å². The molecule has 0 unspecified atom stereocenters. The average Bonchev–Trinajstić information content (AvgIpc) is 3.09. The second kappa shape index (κ2) is 7.55. The minimum atomic E-state index is -0.369. The Morgan fingerprint density at radius 1 is 1.00 bits per heavy atom. The van der Waals surface area contributed by atoms with Gasteiger partial charge in [0.2, 0.25) is 11.5 Å². The largest absolute Gasteiger partial charge is 0.497 e. The van der Waals surface area contributed by atoms with Gasteiger partial charge in [-0.15, -0.1) is 0 Å². The fourth-order valence-corrected chi connectivity index (χ4v) is 2.91. The fourth-order valence-electron chi connectivity index (χ4n) is 2.91. The summed E-state index contributed by atoms with van der Waals surface area (Å²) in [6.45, 7) is -0.369. The number of nitrogens with zero attached hydrogens (tertiary/aromatic N) is 2. The molecular formula is C19H20N2O6. The number of ether oxygens (including phenoxy) is 4. The Labute approximate surface area is 155 Å². The third kappa shape index (κ3) is 3.15. The van der Waals surface area contributed by atoms with Gasteiger partial charge in [0.1, 0.15) is 18.2 Å². The van der Waals surface area contributed by atoms with Crippen LogP contribution in [0.15, 0.2) is 30.3 Å². The molecule has 1 N–H and O–H groups in total. The molecule has 0 bridgehead atoms. The molecule has 0 radical (unpaired) electrons. The number of benzene rings is 2. The Kier molecular flexibility index (Phi) is 5.18. The highest BCUT2D eigenvalue weighted by Gasteiger charge is 2.23. The van der Waals surface area contributed by atoms with E-state index in [9.17, 15) is 9.90 Å². The van der Waals surface area contributed by atoms with Crippen LogP contribution in [-0.2, 0) is 6.73 Å². The highest BCUT2D eigenvalue weighted by atomic mass is 16.5. The predicted molar refractivity (Wildman–Crippen MR) is 98.0 cm³/mol. The summed E-state index contributed by atoms with van der Waals surface area (Å²) in [7, 11) is 6.00. The van der Waals surface area contributed by atoms with Crippen molar-refractivity contribution in [1.29, 1.82) is 0 Å². The standard InChI is InChI=1S/C19H20N2O6/c1-24-12-5-6-13-14(9-12)21(10-22)20-17(13)18(23)11-7-15(25-2)19(27-4)16(8-11)26-3/h5-9,22H,10H2,1-4H3. The number of aromatic nitrogens is 2. The Balaban J connectivity index is 2.16. The van der Waals surface area contributed by atoms with Gasteiger partial charge in [-0.2, -0.15) is 5.10 Å². The molecule has 8 nitrogen and oxygen atoms in total. The normalized spacial score (nSPS) is 10.7. The van der Waals surface area contributed by atoms with E-state index < -0.39 is 0 Å². The second-order valence-corrected chi connectivity index (χ2v) is 5.62. The molecule has 0 amide bonds. The lowest BCUT2D eigenvalue weighted by Crippen LogP contribution is -2.07. The van der Waals surface area contributed by atoms with Crippen LogP contribution in [0, 0.1) is 0 Å². The van der Waals surface area contributed by atoms with Gasteiger partial charge in [0.15, 0.2) is 11.5 Å². The number of fused-ring (bicyclic) bond motifs is 1. The summed E-state index contributed by atoms with van der Waals surface area (Å²) in [5, 5.41) is 14.5. The minimum absolute atomic E-state index is 0.205. The molecule has 142 valence electrons. The van der Waals surface area contributed by atoms with Gasteiger partial charge in [0.25, 0.3) is 0 Å². The lowest BCUT2D eigenvalue weighted by Gasteiger charge is -2.13. The zero-order valence-corrected chi connectivity index (χ0v) is 15.5. The molecule has 0 aliphatic rings. The maximum Gasteiger partial charge on any atom is 0.214 e. The smallest absolute Gasteiger partial charge is 0.214 e. The lowest BCUT2D eigenvalue weighted by molar-refractivity contribution is 0.103. The molecule has 0 spiro atoms. The van der Waals surface area contributed by atoms with E-state index in [2.05, 4.69) is 5.10 Å². The molecule has 0 saturated heterocycles. The van der Waals surface area contributed by atoms with Crippen LogP contribution >= 0.6 is 0 Å². The van der Waals surface area contributed by atoms with E-state index in [0.29, 0.717) is 39.5 Å². The Hall–Kier alpha value is -3.26. The summed E-state index contributed by atoms with van der Waals surface area (Å²) in [6, 6.07) is 8.31. The van der Waals surface area contributed by atoms with E-state index in [4.69, 9.17) is 18.9 Å². The highest BCUT2D eigenvalue weighted by molar-refractivity contribution is 6.15. The number of ketones is 1. The van der Waals surface area contributed by atoms with Gasteiger partial charge < -0.3 is 24.1 Å². The quantitative estimate of drug-likeness (QED) is 0.636. The van der Waals surface area contributed by atoms with Gasteiger partial charge >= 0.3 is 0 Å². The van der Waals surface area contributed by atoms with Crippen LogP contribution in [0.5, 0.6) is 23.0 Å². The number of rotatable bonds is 7. The van der Waals surface area contributed by atoms with Crippen molar-refractivity contribution < 1.29 is 28.8 Å². The summed E-state index contributed by atoms with van der Waals surface area (Å²) >= 11 is 0. The molecule has 27 heavy (non-hydrogen) atoms. The van der Waals surface area contributed by atoms with Crippen LogP contribution in [0.2, 0.25) is 0 Å². The van der Waals surface area contributed by atoms with Crippen LogP contribution in [0.4, 0.5) is 0 Å². The molecule has 0 atom stereocenters. The van der Waals surface area contributed by atoms with E-state index >= 15 is 0 Å². The van der Waals surface area contributed by atoms with Crippen molar-refractivity contribution in [1.82, 2.24) is 9.78 Å². The van der Waals surface area contributed by atoms with Crippen molar-refractivity contribution in [2.24, 2.45) is 0 Å². The molecule has 1 aromatic heterocycles. The van der Waals surface area contributed by atoms with Crippen molar-refractivity contribution in [3.05, 3.63) is 41.6 Å². The molecule has 0 fully saturated rings. The number of carbonyl (C=O) groups excluding carboxylic acids is 1. The van der Waals surface area contributed by atoms with Gasteiger partial charge in [-0.1, -0.05) is 0 Å².